The molecule has 0 aromatic rings. The number of amides is 1. The molecule has 2 fully saturated rings. The molecule has 2 aliphatic heterocycles. The SMILES string of the molecule is CCN1CCC(CNC(=O)[C@H]2CNCCO2)C1.Cl.Cl. The van der Waals surface area contributed by atoms with Gasteiger partial charge in [-0.2, -0.15) is 0 Å². The number of carbonyl (C=O) groups is 1. The van der Waals surface area contributed by atoms with Gasteiger partial charge in [0.25, 0.3) is 0 Å². The normalized spacial score (nSPS) is 27.2. The summed E-state index contributed by atoms with van der Waals surface area (Å²) >= 11 is 0. The zero-order chi connectivity index (χ0) is 12.1. The van der Waals surface area contributed by atoms with Crippen molar-refractivity contribution in [3.05, 3.63) is 0 Å². The molecule has 0 radical (unpaired) electrons. The summed E-state index contributed by atoms with van der Waals surface area (Å²) in [6.07, 6.45) is 0.894. The average Bonchev–Trinajstić information content (AvgIpc) is 2.85. The highest BCUT2D eigenvalue weighted by Gasteiger charge is 2.25. The van der Waals surface area contributed by atoms with Crippen molar-refractivity contribution in [1.29, 1.82) is 0 Å². The van der Waals surface area contributed by atoms with Crippen LogP contribution in [0.25, 0.3) is 0 Å². The molecule has 2 atom stereocenters. The number of ether oxygens (including phenoxy) is 1. The lowest BCUT2D eigenvalue weighted by molar-refractivity contribution is -0.134. The van der Waals surface area contributed by atoms with E-state index in [2.05, 4.69) is 22.5 Å². The highest BCUT2D eigenvalue weighted by molar-refractivity contribution is 5.85. The second-order valence-corrected chi connectivity index (χ2v) is 4.86. The number of likely N-dealkylation sites (tertiary alicyclic amines) is 1. The monoisotopic (exact) mass is 313 g/mol. The van der Waals surface area contributed by atoms with Crippen LogP contribution in [0.3, 0.4) is 0 Å². The number of rotatable bonds is 4. The van der Waals surface area contributed by atoms with E-state index in [4.69, 9.17) is 4.74 Å². The van der Waals surface area contributed by atoms with E-state index < -0.39 is 0 Å². The number of nitrogens with one attached hydrogen (secondary N) is 2. The standard InChI is InChI=1S/C12H23N3O2.2ClH/c1-2-15-5-3-10(9-15)7-14-12(16)11-8-13-4-6-17-11;;/h10-11,13H,2-9H2,1H3,(H,14,16);2*1H/t10?,11-;;/m1../s1. The minimum Gasteiger partial charge on any atom is -0.366 e. The molecule has 0 aliphatic carbocycles. The van der Waals surface area contributed by atoms with Gasteiger partial charge in [-0.05, 0) is 25.4 Å². The van der Waals surface area contributed by atoms with Crippen LogP contribution in [0.4, 0.5) is 0 Å². The average molecular weight is 314 g/mol. The Balaban J connectivity index is 0.00000162. The highest BCUT2D eigenvalue weighted by Crippen LogP contribution is 2.14. The topological polar surface area (TPSA) is 53.6 Å². The number of morpholine rings is 1. The van der Waals surface area contributed by atoms with Crippen LogP contribution in [0, 0.1) is 5.92 Å². The first-order chi connectivity index (χ1) is 8.29. The summed E-state index contributed by atoms with van der Waals surface area (Å²) in [4.78, 5) is 14.2. The number of hydrogen-bond acceptors (Lipinski definition) is 4. The van der Waals surface area contributed by atoms with Crippen LogP contribution in [0.1, 0.15) is 13.3 Å². The summed E-state index contributed by atoms with van der Waals surface area (Å²) in [6.45, 7) is 8.47. The number of carbonyl (C=O) groups excluding carboxylic acids is 1. The first-order valence-corrected chi connectivity index (χ1v) is 6.62. The Morgan fingerprint density at radius 3 is 2.84 bits per heavy atom. The van der Waals surface area contributed by atoms with Gasteiger partial charge in [-0.3, -0.25) is 4.79 Å². The van der Waals surface area contributed by atoms with Crippen LogP contribution >= 0.6 is 24.8 Å². The fourth-order valence-corrected chi connectivity index (χ4v) is 2.46. The van der Waals surface area contributed by atoms with Crippen LogP contribution in [-0.4, -0.2) is 62.8 Å². The van der Waals surface area contributed by atoms with E-state index in [9.17, 15) is 4.79 Å². The number of nitrogens with zero attached hydrogens (tertiary/aromatic N) is 1. The molecule has 2 rings (SSSR count). The van der Waals surface area contributed by atoms with Crippen molar-refractivity contribution in [3.63, 3.8) is 0 Å². The van der Waals surface area contributed by atoms with E-state index in [1.807, 2.05) is 0 Å². The van der Waals surface area contributed by atoms with E-state index in [-0.39, 0.29) is 36.8 Å². The van der Waals surface area contributed by atoms with Crippen LogP contribution in [-0.2, 0) is 9.53 Å². The first kappa shape index (κ1) is 18.9. The second-order valence-electron chi connectivity index (χ2n) is 4.86. The van der Waals surface area contributed by atoms with Gasteiger partial charge in [-0.15, -0.1) is 24.8 Å². The van der Waals surface area contributed by atoms with E-state index in [1.54, 1.807) is 0 Å². The summed E-state index contributed by atoms with van der Waals surface area (Å²) < 4.78 is 5.41. The minimum atomic E-state index is -0.299. The molecule has 0 aromatic heterocycles. The Bertz CT molecular complexity index is 263. The quantitative estimate of drug-likeness (QED) is 0.782. The molecule has 1 unspecified atom stereocenters. The van der Waals surface area contributed by atoms with Crippen LogP contribution in [0.15, 0.2) is 0 Å². The zero-order valence-electron chi connectivity index (χ0n) is 11.4. The van der Waals surface area contributed by atoms with Gasteiger partial charge in [0.1, 0.15) is 6.10 Å². The van der Waals surface area contributed by atoms with Gasteiger partial charge in [0, 0.05) is 26.2 Å². The Labute approximate surface area is 127 Å². The van der Waals surface area contributed by atoms with Crippen molar-refractivity contribution in [2.45, 2.75) is 19.4 Å². The lowest BCUT2D eigenvalue weighted by Crippen LogP contribution is -2.48. The van der Waals surface area contributed by atoms with Crippen molar-refractivity contribution in [2.75, 3.05) is 45.9 Å². The highest BCUT2D eigenvalue weighted by atomic mass is 35.5. The Morgan fingerprint density at radius 2 is 2.26 bits per heavy atom. The van der Waals surface area contributed by atoms with Crippen LogP contribution < -0.4 is 10.6 Å². The van der Waals surface area contributed by atoms with Crippen LogP contribution in [0.2, 0.25) is 0 Å². The summed E-state index contributed by atoms with van der Waals surface area (Å²) in [5.74, 6) is 0.641. The molecule has 5 nitrogen and oxygen atoms in total. The second kappa shape index (κ2) is 9.77. The van der Waals surface area contributed by atoms with Gasteiger partial charge in [-0.25, -0.2) is 0 Å². The lowest BCUT2D eigenvalue weighted by atomic mass is 10.1. The molecule has 19 heavy (non-hydrogen) atoms. The summed E-state index contributed by atoms with van der Waals surface area (Å²) in [6, 6.07) is 0. The molecule has 2 heterocycles. The number of hydrogen-bond donors (Lipinski definition) is 2. The largest absolute Gasteiger partial charge is 0.366 e. The maximum absolute atomic E-state index is 11.8. The third-order valence-corrected chi connectivity index (χ3v) is 3.60. The fourth-order valence-electron chi connectivity index (χ4n) is 2.46. The number of halogens is 2. The summed E-state index contributed by atoms with van der Waals surface area (Å²) in [5, 5.41) is 6.17. The maximum Gasteiger partial charge on any atom is 0.250 e. The molecule has 1 amide bonds. The summed E-state index contributed by atoms with van der Waals surface area (Å²) in [7, 11) is 0. The van der Waals surface area contributed by atoms with Crippen molar-refractivity contribution < 1.29 is 9.53 Å². The maximum atomic E-state index is 11.8. The molecule has 2 saturated heterocycles. The third kappa shape index (κ3) is 5.83. The molecule has 114 valence electrons. The smallest absolute Gasteiger partial charge is 0.250 e. The van der Waals surface area contributed by atoms with E-state index >= 15 is 0 Å². The molecule has 0 bridgehead atoms. The van der Waals surface area contributed by atoms with Crippen molar-refractivity contribution in [2.24, 2.45) is 5.92 Å². The lowest BCUT2D eigenvalue weighted by Gasteiger charge is -2.23. The van der Waals surface area contributed by atoms with Crippen molar-refractivity contribution >= 4 is 30.7 Å². The first-order valence-electron chi connectivity index (χ1n) is 6.62. The van der Waals surface area contributed by atoms with Crippen molar-refractivity contribution in [1.82, 2.24) is 15.5 Å². The molecule has 0 spiro atoms. The van der Waals surface area contributed by atoms with E-state index in [0.29, 0.717) is 19.1 Å². The predicted octanol–water partition coefficient (Wildman–Crippen LogP) is 0.276. The molecule has 2 N–H and O–H groups in total. The van der Waals surface area contributed by atoms with Gasteiger partial charge in [0.15, 0.2) is 0 Å². The Hall–Kier alpha value is -0.0700. The molecule has 7 heteroatoms. The van der Waals surface area contributed by atoms with E-state index in [0.717, 1.165) is 26.2 Å². The predicted molar refractivity (Wildman–Crippen MR) is 80.3 cm³/mol. The van der Waals surface area contributed by atoms with Gasteiger partial charge in [-0.1, -0.05) is 6.92 Å². The van der Waals surface area contributed by atoms with Crippen LogP contribution in [0.5, 0.6) is 0 Å². The molecular weight excluding hydrogens is 289 g/mol. The molecule has 0 saturated carbocycles. The Kier molecular flexibility index (Phi) is 9.74. The fraction of sp³-hybridized carbons (Fsp3) is 0.917. The summed E-state index contributed by atoms with van der Waals surface area (Å²) in [5.41, 5.74) is 0. The molecule has 2 aliphatic rings. The Morgan fingerprint density at radius 1 is 1.47 bits per heavy atom. The van der Waals surface area contributed by atoms with Gasteiger partial charge >= 0.3 is 0 Å². The zero-order valence-corrected chi connectivity index (χ0v) is 13.0. The van der Waals surface area contributed by atoms with E-state index in [1.165, 1.54) is 13.0 Å². The molecular formula is C12H25Cl2N3O2. The van der Waals surface area contributed by atoms with Gasteiger partial charge in [0.05, 0.1) is 6.61 Å². The van der Waals surface area contributed by atoms with Crippen molar-refractivity contribution in [3.8, 4) is 0 Å². The minimum absolute atomic E-state index is 0. The molecule has 0 aromatic carbocycles. The van der Waals surface area contributed by atoms with Gasteiger partial charge in [0.2, 0.25) is 5.91 Å². The van der Waals surface area contributed by atoms with Gasteiger partial charge < -0.3 is 20.3 Å². The third-order valence-electron chi connectivity index (χ3n) is 3.60.